The van der Waals surface area contributed by atoms with Crippen LogP contribution in [0.4, 0.5) is 10.8 Å². The van der Waals surface area contributed by atoms with Crippen LogP contribution in [0.2, 0.25) is 0 Å². The molecule has 1 amide bonds. The number of nitrogens with zero attached hydrogens (tertiary/aromatic N) is 5. The molecule has 0 atom stereocenters. The highest BCUT2D eigenvalue weighted by Crippen LogP contribution is 2.29. The van der Waals surface area contributed by atoms with Gasteiger partial charge >= 0.3 is 0 Å². The number of non-ortho nitro benzene ring substituents is 1. The average Bonchev–Trinajstić information content (AvgIpc) is 3.47. The molecule has 9 nitrogen and oxygen atoms in total. The van der Waals surface area contributed by atoms with Crippen molar-refractivity contribution in [2.24, 2.45) is 0 Å². The van der Waals surface area contributed by atoms with Gasteiger partial charge in [-0.3, -0.25) is 20.2 Å². The van der Waals surface area contributed by atoms with E-state index in [4.69, 9.17) is 0 Å². The van der Waals surface area contributed by atoms with E-state index >= 15 is 0 Å². The normalized spacial score (nSPS) is 11.1. The number of anilines is 1. The summed E-state index contributed by atoms with van der Waals surface area (Å²) in [5.41, 5.74) is 3.03. The number of nitriles is 1. The Kier molecular flexibility index (Phi) is 6.06. The molecular weight excluding hydrogens is 440 g/mol. The van der Waals surface area contributed by atoms with Gasteiger partial charge in [0.05, 0.1) is 4.92 Å². The Morgan fingerprint density at radius 2 is 1.91 bits per heavy atom. The number of nitro benzene ring substituents is 1. The first kappa shape index (κ1) is 21.6. The number of aryl methyl sites for hydroxylation is 1. The highest BCUT2D eigenvalue weighted by molar-refractivity contribution is 7.18. The van der Waals surface area contributed by atoms with Crippen LogP contribution in [0.1, 0.15) is 11.3 Å². The summed E-state index contributed by atoms with van der Waals surface area (Å²) in [6, 6.07) is 19.1. The van der Waals surface area contributed by atoms with Crippen molar-refractivity contribution in [3.63, 3.8) is 0 Å². The van der Waals surface area contributed by atoms with Gasteiger partial charge in [0.1, 0.15) is 16.6 Å². The monoisotopic (exact) mass is 456 g/mol. The largest absolute Gasteiger partial charge is 0.317 e. The standard InChI is InChI=1S/C23H16N6O3S/c1-15-5-2-3-7-20(15)22-26-27-23(33-22)25-21(30)16(14-24)13-19-6-4-12-28(19)17-8-10-18(11-9-17)29(31)32/h2-13H,1H3,(H,25,27,30)/b16-13-. The van der Waals surface area contributed by atoms with Gasteiger partial charge in [-0.1, -0.05) is 35.6 Å². The van der Waals surface area contributed by atoms with Gasteiger partial charge in [0.2, 0.25) is 5.13 Å². The third kappa shape index (κ3) is 4.68. The summed E-state index contributed by atoms with van der Waals surface area (Å²) < 4.78 is 1.72. The number of hydrogen-bond acceptors (Lipinski definition) is 7. The number of carbonyl (C=O) groups is 1. The van der Waals surface area contributed by atoms with Gasteiger partial charge in [-0.25, -0.2) is 0 Å². The van der Waals surface area contributed by atoms with Gasteiger partial charge in [0, 0.05) is 35.3 Å². The number of nitrogens with one attached hydrogen (secondary N) is 1. The van der Waals surface area contributed by atoms with E-state index in [0.717, 1.165) is 11.1 Å². The van der Waals surface area contributed by atoms with Crippen LogP contribution in [0.5, 0.6) is 0 Å². The van der Waals surface area contributed by atoms with Crippen molar-refractivity contribution in [1.29, 1.82) is 5.26 Å². The highest BCUT2D eigenvalue weighted by atomic mass is 32.1. The molecule has 4 rings (SSSR count). The Labute approximate surface area is 192 Å². The van der Waals surface area contributed by atoms with Crippen LogP contribution >= 0.6 is 11.3 Å². The van der Waals surface area contributed by atoms with Gasteiger partial charge in [0.25, 0.3) is 11.6 Å². The maximum atomic E-state index is 12.7. The SMILES string of the molecule is Cc1ccccc1-c1nnc(NC(=O)/C(C#N)=C\c2cccn2-c2ccc([N+](=O)[O-])cc2)s1. The number of aromatic nitrogens is 3. The molecule has 2 aromatic heterocycles. The zero-order valence-electron chi connectivity index (χ0n) is 17.3. The van der Waals surface area contributed by atoms with E-state index < -0.39 is 10.8 Å². The van der Waals surface area contributed by atoms with E-state index in [1.54, 1.807) is 35.0 Å². The number of nitro groups is 1. The van der Waals surface area contributed by atoms with Crippen LogP contribution in [0, 0.1) is 28.4 Å². The maximum absolute atomic E-state index is 12.7. The van der Waals surface area contributed by atoms with Crippen LogP contribution in [0.25, 0.3) is 22.3 Å². The van der Waals surface area contributed by atoms with Crippen molar-refractivity contribution in [2.75, 3.05) is 5.32 Å². The van der Waals surface area contributed by atoms with E-state index in [2.05, 4.69) is 15.5 Å². The molecule has 0 spiro atoms. The summed E-state index contributed by atoms with van der Waals surface area (Å²) in [5.74, 6) is -0.610. The topological polar surface area (TPSA) is 127 Å². The molecule has 0 radical (unpaired) electrons. The molecule has 0 aliphatic heterocycles. The lowest BCUT2D eigenvalue weighted by molar-refractivity contribution is -0.384. The van der Waals surface area contributed by atoms with E-state index in [1.165, 1.54) is 29.5 Å². The predicted octanol–water partition coefficient (Wildman–Crippen LogP) is 4.76. The second-order valence-electron chi connectivity index (χ2n) is 6.93. The Morgan fingerprint density at radius 3 is 2.61 bits per heavy atom. The average molecular weight is 456 g/mol. The Balaban J connectivity index is 1.55. The molecule has 2 aromatic carbocycles. The number of hydrogen-bond donors (Lipinski definition) is 1. The van der Waals surface area contributed by atoms with Crippen molar-refractivity contribution in [3.05, 3.63) is 93.8 Å². The molecule has 0 aliphatic carbocycles. The van der Waals surface area contributed by atoms with Gasteiger partial charge in [0.15, 0.2) is 0 Å². The summed E-state index contributed by atoms with van der Waals surface area (Å²) in [6.45, 7) is 1.96. The molecule has 1 N–H and O–H groups in total. The summed E-state index contributed by atoms with van der Waals surface area (Å²) in [4.78, 5) is 23.1. The lowest BCUT2D eigenvalue weighted by Gasteiger charge is -2.07. The summed E-state index contributed by atoms with van der Waals surface area (Å²) >= 11 is 1.22. The molecule has 0 unspecified atom stereocenters. The lowest BCUT2D eigenvalue weighted by Crippen LogP contribution is -2.13. The second kappa shape index (κ2) is 9.25. The van der Waals surface area contributed by atoms with E-state index in [1.807, 2.05) is 37.3 Å². The minimum absolute atomic E-state index is 0.0257. The maximum Gasteiger partial charge on any atom is 0.269 e. The Hall–Kier alpha value is -4.62. The van der Waals surface area contributed by atoms with Crippen LogP contribution in [0.3, 0.4) is 0 Å². The third-order valence-corrected chi connectivity index (χ3v) is 5.67. The molecule has 2 heterocycles. The minimum atomic E-state index is -0.610. The second-order valence-corrected chi connectivity index (χ2v) is 7.91. The lowest BCUT2D eigenvalue weighted by atomic mass is 10.1. The third-order valence-electron chi connectivity index (χ3n) is 4.80. The van der Waals surface area contributed by atoms with Crippen molar-refractivity contribution >= 4 is 34.1 Å². The van der Waals surface area contributed by atoms with Crippen molar-refractivity contribution in [2.45, 2.75) is 6.92 Å². The van der Waals surface area contributed by atoms with Gasteiger partial charge < -0.3 is 4.57 Å². The quantitative estimate of drug-likeness (QED) is 0.193. The van der Waals surface area contributed by atoms with Crippen LogP contribution in [-0.4, -0.2) is 25.6 Å². The Morgan fingerprint density at radius 1 is 1.15 bits per heavy atom. The fourth-order valence-electron chi connectivity index (χ4n) is 3.14. The van der Waals surface area contributed by atoms with E-state index in [0.29, 0.717) is 16.4 Å². The molecule has 33 heavy (non-hydrogen) atoms. The van der Waals surface area contributed by atoms with Crippen molar-refractivity contribution < 1.29 is 9.72 Å². The number of rotatable bonds is 6. The zero-order chi connectivity index (χ0) is 23.4. The molecular formula is C23H16N6O3S. The van der Waals surface area contributed by atoms with Crippen LogP contribution in [-0.2, 0) is 4.79 Å². The van der Waals surface area contributed by atoms with Crippen molar-refractivity contribution in [1.82, 2.24) is 14.8 Å². The first-order chi connectivity index (χ1) is 16.0. The first-order valence-electron chi connectivity index (χ1n) is 9.71. The number of carbonyl (C=O) groups excluding carboxylic acids is 1. The van der Waals surface area contributed by atoms with Gasteiger partial charge in [-0.05, 0) is 42.8 Å². The summed E-state index contributed by atoms with van der Waals surface area (Å²) in [6.07, 6.45) is 3.18. The Bertz CT molecular complexity index is 1410. The van der Waals surface area contributed by atoms with Gasteiger partial charge in [-0.2, -0.15) is 5.26 Å². The summed E-state index contributed by atoms with van der Waals surface area (Å²) in [7, 11) is 0. The highest BCUT2D eigenvalue weighted by Gasteiger charge is 2.15. The molecule has 162 valence electrons. The van der Waals surface area contributed by atoms with Crippen LogP contribution < -0.4 is 5.32 Å². The zero-order valence-corrected chi connectivity index (χ0v) is 18.1. The van der Waals surface area contributed by atoms with E-state index in [-0.39, 0.29) is 16.4 Å². The number of benzene rings is 2. The van der Waals surface area contributed by atoms with E-state index in [9.17, 15) is 20.2 Å². The molecule has 4 aromatic rings. The van der Waals surface area contributed by atoms with Crippen molar-refractivity contribution in [3.8, 4) is 22.3 Å². The molecule has 0 aliphatic rings. The predicted molar refractivity (Wildman–Crippen MR) is 125 cm³/mol. The molecule has 0 saturated heterocycles. The first-order valence-corrected chi connectivity index (χ1v) is 10.5. The smallest absolute Gasteiger partial charge is 0.269 e. The fraction of sp³-hybridized carbons (Fsp3) is 0.0435. The molecule has 0 fully saturated rings. The minimum Gasteiger partial charge on any atom is -0.317 e. The molecule has 0 saturated carbocycles. The molecule has 10 heteroatoms. The summed E-state index contributed by atoms with van der Waals surface area (Å²) in [5, 5.41) is 32.2. The molecule has 0 bridgehead atoms. The van der Waals surface area contributed by atoms with Crippen LogP contribution in [0.15, 0.2) is 72.4 Å². The van der Waals surface area contributed by atoms with Gasteiger partial charge in [-0.15, -0.1) is 10.2 Å². The number of amides is 1. The fourth-order valence-corrected chi connectivity index (χ4v) is 3.97.